The van der Waals surface area contributed by atoms with Crippen LogP contribution < -0.4 is 5.32 Å². The van der Waals surface area contributed by atoms with Gasteiger partial charge >= 0.3 is 0 Å². The lowest BCUT2D eigenvalue weighted by Gasteiger charge is -2.32. The summed E-state index contributed by atoms with van der Waals surface area (Å²) in [6.45, 7) is 7.71. The lowest BCUT2D eigenvalue weighted by Crippen LogP contribution is -2.47. The number of nitrogens with one attached hydrogen (secondary N) is 1. The molecule has 1 unspecified atom stereocenters. The fraction of sp³-hybridized carbons (Fsp3) is 0.722. The average molecular weight is 367 g/mol. The molecule has 7 heteroatoms. The summed E-state index contributed by atoms with van der Waals surface area (Å²) in [5, 5.41) is 3.55. The molecular weight excluding hydrogens is 336 g/mol. The highest BCUT2D eigenvalue weighted by molar-refractivity contribution is 7.98. The van der Waals surface area contributed by atoms with Gasteiger partial charge in [-0.15, -0.1) is 0 Å². The van der Waals surface area contributed by atoms with Crippen LogP contribution in [0, 0.1) is 0 Å². The van der Waals surface area contributed by atoms with Gasteiger partial charge in [0, 0.05) is 50.9 Å². The molecule has 0 amide bonds. The van der Waals surface area contributed by atoms with Crippen molar-refractivity contribution in [2.24, 2.45) is 4.99 Å². The lowest BCUT2D eigenvalue weighted by molar-refractivity contribution is 0.0195. The van der Waals surface area contributed by atoms with Crippen molar-refractivity contribution < 1.29 is 9.15 Å². The van der Waals surface area contributed by atoms with E-state index < -0.39 is 0 Å². The summed E-state index contributed by atoms with van der Waals surface area (Å²) in [5.41, 5.74) is 0. The van der Waals surface area contributed by atoms with Gasteiger partial charge in [0.2, 0.25) is 0 Å². The van der Waals surface area contributed by atoms with Crippen LogP contribution in [0.1, 0.15) is 12.2 Å². The molecule has 0 bridgehead atoms. The number of morpholine rings is 1. The first-order valence-electron chi connectivity index (χ1n) is 9.23. The van der Waals surface area contributed by atoms with Gasteiger partial charge in [-0.3, -0.25) is 9.89 Å². The van der Waals surface area contributed by atoms with E-state index in [1.807, 2.05) is 23.9 Å². The van der Waals surface area contributed by atoms with E-state index in [1.165, 1.54) is 6.42 Å². The van der Waals surface area contributed by atoms with Gasteiger partial charge < -0.3 is 19.4 Å². The maximum absolute atomic E-state index is 5.48. The molecule has 1 aromatic rings. The van der Waals surface area contributed by atoms with Crippen molar-refractivity contribution >= 4 is 17.7 Å². The Hall–Kier alpha value is -1.18. The molecule has 0 aliphatic carbocycles. The molecule has 0 radical (unpaired) electrons. The van der Waals surface area contributed by atoms with Gasteiger partial charge in [0.1, 0.15) is 5.76 Å². The Labute approximate surface area is 155 Å². The Balaban J connectivity index is 1.52. The molecule has 3 rings (SSSR count). The van der Waals surface area contributed by atoms with E-state index in [-0.39, 0.29) is 0 Å². The first-order chi connectivity index (χ1) is 12.4. The van der Waals surface area contributed by atoms with E-state index in [0.717, 1.165) is 76.4 Å². The van der Waals surface area contributed by atoms with E-state index in [1.54, 1.807) is 6.26 Å². The van der Waals surface area contributed by atoms with Crippen LogP contribution in [0.25, 0.3) is 0 Å². The van der Waals surface area contributed by atoms with Crippen LogP contribution in [0.5, 0.6) is 0 Å². The fourth-order valence-corrected chi connectivity index (χ4v) is 3.71. The molecule has 140 valence electrons. The third-order valence-electron chi connectivity index (χ3n) is 4.82. The summed E-state index contributed by atoms with van der Waals surface area (Å²) in [7, 11) is 0. The van der Waals surface area contributed by atoms with Crippen LogP contribution in [-0.2, 0) is 11.2 Å². The summed E-state index contributed by atoms with van der Waals surface area (Å²) in [5.74, 6) is 3.13. The predicted octanol–water partition coefficient (Wildman–Crippen LogP) is 1.54. The molecule has 25 heavy (non-hydrogen) atoms. The molecule has 3 heterocycles. The van der Waals surface area contributed by atoms with Gasteiger partial charge in [-0.05, 0) is 24.8 Å². The molecule has 1 N–H and O–H groups in total. The minimum absolute atomic E-state index is 0.626. The van der Waals surface area contributed by atoms with Crippen LogP contribution in [0.2, 0.25) is 0 Å². The molecule has 0 saturated carbocycles. The standard InChI is InChI=1S/C18H30N4O2S/c1-25-14-7-20-18(19-6-4-17-3-2-11-24-17)22-8-5-16(15-22)21-9-12-23-13-10-21/h2-3,11,16H,4-10,12-15H2,1H3,(H,19,20). The van der Waals surface area contributed by atoms with E-state index in [9.17, 15) is 0 Å². The summed E-state index contributed by atoms with van der Waals surface area (Å²) >= 11 is 1.84. The van der Waals surface area contributed by atoms with Crippen molar-refractivity contribution in [2.45, 2.75) is 18.9 Å². The van der Waals surface area contributed by atoms with Crippen molar-refractivity contribution in [3.8, 4) is 0 Å². The first kappa shape index (κ1) is 18.6. The number of rotatable bonds is 7. The second kappa shape index (κ2) is 10.1. The number of hydrogen-bond donors (Lipinski definition) is 1. The number of guanidine groups is 1. The zero-order valence-corrected chi connectivity index (χ0v) is 16.0. The highest BCUT2D eigenvalue weighted by Crippen LogP contribution is 2.17. The zero-order valence-electron chi connectivity index (χ0n) is 15.2. The topological polar surface area (TPSA) is 53.2 Å². The predicted molar refractivity (Wildman–Crippen MR) is 103 cm³/mol. The molecule has 0 spiro atoms. The van der Waals surface area contributed by atoms with E-state index in [4.69, 9.17) is 14.1 Å². The third-order valence-corrected chi connectivity index (χ3v) is 5.41. The molecule has 1 atom stereocenters. The van der Waals surface area contributed by atoms with Gasteiger partial charge in [0.25, 0.3) is 0 Å². The van der Waals surface area contributed by atoms with Gasteiger partial charge in [-0.2, -0.15) is 11.8 Å². The number of ether oxygens (including phenoxy) is 1. The van der Waals surface area contributed by atoms with Gasteiger partial charge in [-0.1, -0.05) is 0 Å². The first-order valence-corrected chi connectivity index (χ1v) is 10.6. The van der Waals surface area contributed by atoms with Gasteiger partial charge in [0.15, 0.2) is 5.96 Å². The minimum atomic E-state index is 0.626. The minimum Gasteiger partial charge on any atom is -0.469 e. The highest BCUT2D eigenvalue weighted by atomic mass is 32.2. The van der Waals surface area contributed by atoms with Crippen LogP contribution >= 0.6 is 11.8 Å². The Morgan fingerprint density at radius 1 is 1.36 bits per heavy atom. The normalized spacial score (nSPS) is 22.5. The van der Waals surface area contributed by atoms with Gasteiger partial charge in [0.05, 0.1) is 26.0 Å². The zero-order chi connectivity index (χ0) is 17.3. The second-order valence-electron chi connectivity index (χ2n) is 6.49. The average Bonchev–Trinajstić information content (AvgIpc) is 3.33. The number of hydrogen-bond acceptors (Lipinski definition) is 5. The smallest absolute Gasteiger partial charge is 0.194 e. The van der Waals surface area contributed by atoms with Crippen molar-refractivity contribution in [2.75, 3.05) is 64.5 Å². The van der Waals surface area contributed by atoms with Crippen LogP contribution in [0.15, 0.2) is 27.8 Å². The number of nitrogens with zero attached hydrogens (tertiary/aromatic N) is 3. The van der Waals surface area contributed by atoms with Crippen molar-refractivity contribution in [1.82, 2.24) is 15.1 Å². The fourth-order valence-electron chi connectivity index (χ4n) is 3.44. The number of aliphatic imine (C=N–C) groups is 1. The van der Waals surface area contributed by atoms with E-state index >= 15 is 0 Å². The summed E-state index contributed by atoms with van der Waals surface area (Å²) < 4.78 is 10.9. The quantitative estimate of drug-likeness (QED) is 0.449. The van der Waals surface area contributed by atoms with Crippen molar-refractivity contribution in [1.29, 1.82) is 0 Å². The number of likely N-dealkylation sites (tertiary alicyclic amines) is 1. The Bertz CT molecular complexity index is 517. The number of thioether (sulfide) groups is 1. The summed E-state index contributed by atoms with van der Waals surface area (Å²) in [6, 6.07) is 4.59. The Morgan fingerprint density at radius 3 is 3.00 bits per heavy atom. The van der Waals surface area contributed by atoms with Gasteiger partial charge in [-0.25, -0.2) is 0 Å². The monoisotopic (exact) mass is 366 g/mol. The summed E-state index contributed by atoms with van der Waals surface area (Å²) in [6.07, 6.45) is 5.96. The van der Waals surface area contributed by atoms with Crippen LogP contribution in [0.3, 0.4) is 0 Å². The van der Waals surface area contributed by atoms with Crippen molar-refractivity contribution in [3.05, 3.63) is 24.2 Å². The molecule has 2 saturated heterocycles. The maximum Gasteiger partial charge on any atom is 0.194 e. The molecule has 0 aromatic carbocycles. The Kier molecular flexibility index (Phi) is 7.51. The summed E-state index contributed by atoms with van der Waals surface area (Å²) in [4.78, 5) is 9.83. The lowest BCUT2D eigenvalue weighted by atomic mass is 10.2. The molecule has 1 aromatic heterocycles. The molecule has 2 aliphatic heterocycles. The number of furan rings is 1. The molecular formula is C18H30N4O2S. The SMILES string of the molecule is CSCCN=C(NCCc1ccco1)N1CCC(N2CCOCC2)C1. The van der Waals surface area contributed by atoms with E-state index in [2.05, 4.69) is 21.4 Å². The third kappa shape index (κ3) is 5.66. The molecule has 2 fully saturated rings. The van der Waals surface area contributed by atoms with Crippen molar-refractivity contribution in [3.63, 3.8) is 0 Å². The van der Waals surface area contributed by atoms with E-state index in [0.29, 0.717) is 6.04 Å². The maximum atomic E-state index is 5.48. The molecule has 2 aliphatic rings. The molecule has 6 nitrogen and oxygen atoms in total. The van der Waals surface area contributed by atoms with Crippen LogP contribution in [-0.4, -0.2) is 86.3 Å². The second-order valence-corrected chi connectivity index (χ2v) is 7.48. The highest BCUT2D eigenvalue weighted by Gasteiger charge is 2.30. The largest absolute Gasteiger partial charge is 0.469 e. The van der Waals surface area contributed by atoms with Crippen LogP contribution in [0.4, 0.5) is 0 Å². The Morgan fingerprint density at radius 2 is 2.24 bits per heavy atom.